The van der Waals surface area contributed by atoms with Crippen LogP contribution < -0.4 is 5.43 Å². The van der Waals surface area contributed by atoms with Crippen LogP contribution in [0.15, 0.2) is 60.0 Å². The lowest BCUT2D eigenvalue weighted by Crippen LogP contribution is -2.18. The van der Waals surface area contributed by atoms with Gasteiger partial charge >= 0.3 is 0 Å². The van der Waals surface area contributed by atoms with Gasteiger partial charge in [0.15, 0.2) is 0 Å². The van der Waals surface area contributed by atoms with Crippen LogP contribution in [0.3, 0.4) is 0 Å². The van der Waals surface area contributed by atoms with Gasteiger partial charge in [-0.3, -0.25) is 19.9 Å². The number of aromatic nitrogens is 1. The molecule has 0 saturated carbocycles. The predicted molar refractivity (Wildman–Crippen MR) is 86.9 cm³/mol. The van der Waals surface area contributed by atoms with E-state index in [1.807, 2.05) is 0 Å². The number of non-ortho nitro benzene ring substituents is 1. The summed E-state index contributed by atoms with van der Waals surface area (Å²) in [6.07, 6.45) is 6.36. The van der Waals surface area contributed by atoms with Crippen molar-refractivity contribution < 1.29 is 9.72 Å². The van der Waals surface area contributed by atoms with Crippen LogP contribution in [0.4, 0.5) is 5.69 Å². The van der Waals surface area contributed by atoms with Gasteiger partial charge in [0.25, 0.3) is 11.6 Å². The highest BCUT2D eigenvalue weighted by molar-refractivity contribution is 5.99. The summed E-state index contributed by atoms with van der Waals surface area (Å²) in [7, 11) is 0. The Balaban J connectivity index is 2.00. The number of nitrogens with one attached hydrogen (secondary N) is 1. The van der Waals surface area contributed by atoms with Gasteiger partial charge in [0.1, 0.15) is 0 Å². The third-order valence-electron chi connectivity index (χ3n) is 2.86. The number of benzene rings is 1. The molecule has 0 unspecified atom stereocenters. The number of hydrogen-bond donors (Lipinski definition) is 1. The van der Waals surface area contributed by atoms with E-state index in [1.54, 1.807) is 49.5 Å². The van der Waals surface area contributed by atoms with E-state index in [4.69, 9.17) is 0 Å². The van der Waals surface area contributed by atoms with Crippen molar-refractivity contribution in [2.75, 3.05) is 0 Å². The molecular weight excluding hydrogens is 296 g/mol. The number of allylic oxidation sites excluding steroid dienone is 1. The number of nitrogens with zero attached hydrogens (tertiary/aromatic N) is 3. The Morgan fingerprint density at radius 1 is 1.35 bits per heavy atom. The molecule has 1 N–H and O–H groups in total. The van der Waals surface area contributed by atoms with E-state index in [2.05, 4.69) is 15.5 Å². The maximum Gasteiger partial charge on any atom is 0.272 e. The second kappa shape index (κ2) is 7.60. The van der Waals surface area contributed by atoms with Crippen molar-refractivity contribution in [2.24, 2.45) is 5.10 Å². The Bertz CT molecular complexity index is 770. The molecule has 0 aliphatic heterocycles. The van der Waals surface area contributed by atoms with Gasteiger partial charge < -0.3 is 0 Å². The quantitative estimate of drug-likeness (QED) is 0.521. The van der Waals surface area contributed by atoms with Gasteiger partial charge in [-0.1, -0.05) is 18.2 Å². The van der Waals surface area contributed by atoms with Crippen LogP contribution >= 0.6 is 0 Å². The maximum atomic E-state index is 11.8. The first-order chi connectivity index (χ1) is 11.1. The Labute approximate surface area is 132 Å². The molecule has 7 nitrogen and oxygen atoms in total. The van der Waals surface area contributed by atoms with Gasteiger partial charge in [-0.2, -0.15) is 5.10 Å². The number of amides is 1. The average molecular weight is 310 g/mol. The van der Waals surface area contributed by atoms with Crippen molar-refractivity contribution in [2.45, 2.75) is 6.92 Å². The average Bonchev–Trinajstić information content (AvgIpc) is 2.58. The number of hydrogen-bond acceptors (Lipinski definition) is 5. The molecule has 1 aromatic carbocycles. The molecule has 0 bridgehead atoms. The zero-order chi connectivity index (χ0) is 16.7. The topological polar surface area (TPSA) is 97.5 Å². The zero-order valence-electron chi connectivity index (χ0n) is 12.3. The maximum absolute atomic E-state index is 11.8. The minimum Gasteiger partial charge on any atom is -0.267 e. The molecule has 1 aromatic heterocycles. The van der Waals surface area contributed by atoms with Crippen molar-refractivity contribution in [3.8, 4) is 0 Å². The summed E-state index contributed by atoms with van der Waals surface area (Å²) in [5, 5.41) is 14.7. The van der Waals surface area contributed by atoms with E-state index in [-0.39, 0.29) is 11.6 Å². The third-order valence-corrected chi connectivity index (χ3v) is 2.86. The molecule has 0 radical (unpaired) electrons. The van der Waals surface area contributed by atoms with Gasteiger partial charge in [0.05, 0.1) is 16.2 Å². The fourth-order valence-corrected chi connectivity index (χ4v) is 1.70. The van der Waals surface area contributed by atoms with Crippen LogP contribution in [-0.2, 0) is 0 Å². The lowest BCUT2D eigenvalue weighted by atomic mass is 10.2. The number of pyridine rings is 1. The molecule has 0 spiro atoms. The highest BCUT2D eigenvalue weighted by Crippen LogP contribution is 2.14. The Morgan fingerprint density at radius 2 is 2.17 bits per heavy atom. The summed E-state index contributed by atoms with van der Waals surface area (Å²) in [6.45, 7) is 1.71. The molecule has 0 fully saturated rings. The highest BCUT2D eigenvalue weighted by Gasteiger charge is 2.04. The molecule has 0 aliphatic carbocycles. The fourth-order valence-electron chi connectivity index (χ4n) is 1.70. The van der Waals surface area contributed by atoms with Gasteiger partial charge in [-0.15, -0.1) is 0 Å². The first-order valence-electron chi connectivity index (χ1n) is 6.73. The van der Waals surface area contributed by atoms with E-state index in [0.29, 0.717) is 16.8 Å². The number of rotatable bonds is 5. The Hall–Kier alpha value is -3.35. The normalized spacial score (nSPS) is 11.4. The second-order valence-electron chi connectivity index (χ2n) is 4.62. The first kappa shape index (κ1) is 16.0. The summed E-state index contributed by atoms with van der Waals surface area (Å²) in [5.41, 5.74) is 4.07. The molecule has 1 amide bonds. The number of carbonyl (C=O) groups is 1. The van der Waals surface area contributed by atoms with Crippen molar-refractivity contribution in [3.05, 3.63) is 76.1 Å². The fraction of sp³-hybridized carbons (Fsp3) is 0.0625. The van der Waals surface area contributed by atoms with Gasteiger partial charge in [0.2, 0.25) is 0 Å². The summed E-state index contributed by atoms with van der Waals surface area (Å²) < 4.78 is 0. The molecule has 0 atom stereocenters. The number of nitro groups is 1. The van der Waals surface area contributed by atoms with Crippen LogP contribution in [0.1, 0.15) is 22.8 Å². The summed E-state index contributed by atoms with van der Waals surface area (Å²) in [4.78, 5) is 25.9. The summed E-state index contributed by atoms with van der Waals surface area (Å²) >= 11 is 0. The van der Waals surface area contributed by atoms with Crippen LogP contribution in [-0.4, -0.2) is 21.5 Å². The summed E-state index contributed by atoms with van der Waals surface area (Å²) in [5.74, 6) is -0.360. The third kappa shape index (κ3) is 4.85. The van der Waals surface area contributed by atoms with E-state index >= 15 is 0 Å². The largest absolute Gasteiger partial charge is 0.272 e. The lowest BCUT2D eigenvalue weighted by Gasteiger charge is -1.99. The first-order valence-corrected chi connectivity index (χ1v) is 6.73. The van der Waals surface area contributed by atoms with Crippen molar-refractivity contribution in [1.82, 2.24) is 10.4 Å². The molecule has 23 heavy (non-hydrogen) atoms. The minimum absolute atomic E-state index is 0.0200. The van der Waals surface area contributed by atoms with E-state index in [9.17, 15) is 14.9 Å². The van der Waals surface area contributed by atoms with Crippen LogP contribution in [0.25, 0.3) is 6.08 Å². The standard InChI is InChI=1S/C16H14N4O3/c1-12(18-19-16(21)14-5-3-9-17-11-14)7-8-13-4-2-6-15(10-13)20(22)23/h2-11H,1H3,(H,19,21)/b8-7+,18-12-. The van der Waals surface area contributed by atoms with E-state index < -0.39 is 4.92 Å². The molecule has 0 aliphatic rings. The monoisotopic (exact) mass is 310 g/mol. The Kier molecular flexibility index (Phi) is 5.30. The van der Waals surface area contributed by atoms with Gasteiger partial charge in [0, 0.05) is 24.5 Å². The van der Waals surface area contributed by atoms with Crippen molar-refractivity contribution >= 4 is 23.4 Å². The van der Waals surface area contributed by atoms with Crippen molar-refractivity contribution in [3.63, 3.8) is 0 Å². The molecule has 0 saturated heterocycles. The van der Waals surface area contributed by atoms with Crippen LogP contribution in [0.2, 0.25) is 0 Å². The smallest absolute Gasteiger partial charge is 0.267 e. The van der Waals surface area contributed by atoms with E-state index in [0.717, 1.165) is 0 Å². The van der Waals surface area contributed by atoms with Crippen LogP contribution in [0.5, 0.6) is 0 Å². The highest BCUT2D eigenvalue weighted by atomic mass is 16.6. The molecule has 1 heterocycles. The number of hydrazone groups is 1. The van der Waals surface area contributed by atoms with Gasteiger partial charge in [-0.25, -0.2) is 5.43 Å². The SMILES string of the molecule is CC(/C=C/c1cccc([N+](=O)[O-])c1)=N/NC(=O)c1cccnc1. The van der Waals surface area contributed by atoms with Crippen molar-refractivity contribution in [1.29, 1.82) is 0 Å². The number of carbonyl (C=O) groups excluding carboxylic acids is 1. The summed E-state index contributed by atoms with van der Waals surface area (Å²) in [6, 6.07) is 9.52. The molecule has 7 heteroatoms. The zero-order valence-corrected chi connectivity index (χ0v) is 12.3. The molecule has 2 aromatic rings. The predicted octanol–water partition coefficient (Wildman–Crippen LogP) is 2.81. The molecule has 2 rings (SSSR count). The minimum atomic E-state index is -0.452. The van der Waals surface area contributed by atoms with Gasteiger partial charge in [-0.05, 0) is 30.7 Å². The second-order valence-corrected chi connectivity index (χ2v) is 4.62. The molecular formula is C16H14N4O3. The molecule has 116 valence electrons. The lowest BCUT2D eigenvalue weighted by molar-refractivity contribution is -0.384. The Morgan fingerprint density at radius 3 is 2.87 bits per heavy atom. The van der Waals surface area contributed by atoms with Crippen LogP contribution in [0, 0.1) is 10.1 Å². The van der Waals surface area contributed by atoms with E-state index in [1.165, 1.54) is 18.3 Å². The number of nitro benzene ring substituents is 1.